The zero-order valence-corrected chi connectivity index (χ0v) is 14.7. The number of hydrogen-bond acceptors (Lipinski definition) is 3. The van der Waals surface area contributed by atoms with Crippen LogP contribution in [0.5, 0.6) is 0 Å². The maximum Gasteiger partial charge on any atom is 0.191 e. The summed E-state index contributed by atoms with van der Waals surface area (Å²) in [4.78, 5) is 4.31. The molecule has 1 unspecified atom stereocenters. The Hall–Kier alpha value is -1.20. The Balaban J connectivity index is 1.55. The molecule has 1 aliphatic heterocycles. The maximum atomic E-state index is 10.4. The van der Waals surface area contributed by atoms with Gasteiger partial charge < -0.3 is 15.7 Å². The van der Waals surface area contributed by atoms with E-state index in [0.717, 1.165) is 30.4 Å². The lowest BCUT2D eigenvalue weighted by atomic mass is 9.64. The number of rotatable bonds is 5. The van der Waals surface area contributed by atoms with Gasteiger partial charge in [-0.25, -0.2) is 0 Å². The van der Waals surface area contributed by atoms with E-state index in [9.17, 15) is 5.11 Å². The summed E-state index contributed by atoms with van der Waals surface area (Å²) in [5.74, 6) is 2.64. The molecule has 2 aliphatic rings. The van der Waals surface area contributed by atoms with Crippen molar-refractivity contribution in [2.24, 2.45) is 4.99 Å². The molecule has 5 heteroatoms. The molecule has 3 N–H and O–H groups in total. The van der Waals surface area contributed by atoms with Gasteiger partial charge in [-0.05, 0) is 30.6 Å². The van der Waals surface area contributed by atoms with Crippen LogP contribution in [0.3, 0.4) is 0 Å². The fraction of sp³-hybridized carbons (Fsp3) is 0.611. The Morgan fingerprint density at radius 1 is 1.17 bits per heavy atom. The first-order chi connectivity index (χ1) is 11.2. The minimum atomic E-state index is -0.587. The van der Waals surface area contributed by atoms with Crippen LogP contribution in [0.2, 0.25) is 0 Å². The summed E-state index contributed by atoms with van der Waals surface area (Å²) in [6.07, 6.45) is 4.60. The maximum absolute atomic E-state index is 10.4. The molecule has 2 fully saturated rings. The van der Waals surface area contributed by atoms with E-state index in [4.69, 9.17) is 0 Å². The Morgan fingerprint density at radius 2 is 1.91 bits per heavy atom. The molecule has 1 aliphatic carbocycles. The summed E-state index contributed by atoms with van der Waals surface area (Å²) in [7, 11) is 1.79. The molecule has 0 amide bonds. The normalized spacial score (nSPS) is 26.6. The number of benzene rings is 1. The molecule has 0 radical (unpaired) electrons. The summed E-state index contributed by atoms with van der Waals surface area (Å²) >= 11 is 1.82. The van der Waals surface area contributed by atoms with E-state index >= 15 is 0 Å². The van der Waals surface area contributed by atoms with Gasteiger partial charge >= 0.3 is 0 Å². The van der Waals surface area contributed by atoms with Crippen LogP contribution in [0.4, 0.5) is 0 Å². The van der Waals surface area contributed by atoms with Crippen molar-refractivity contribution >= 4 is 17.7 Å². The van der Waals surface area contributed by atoms with Crippen molar-refractivity contribution in [1.82, 2.24) is 10.6 Å². The fourth-order valence-corrected chi connectivity index (χ4v) is 4.72. The van der Waals surface area contributed by atoms with Crippen LogP contribution in [0.15, 0.2) is 35.3 Å². The number of nitrogens with zero attached hydrogens (tertiary/aromatic N) is 1. The van der Waals surface area contributed by atoms with E-state index in [2.05, 4.69) is 46.0 Å². The third kappa shape index (κ3) is 3.83. The topological polar surface area (TPSA) is 56.7 Å². The number of hydrogen-bond donors (Lipinski definition) is 3. The van der Waals surface area contributed by atoms with Crippen LogP contribution in [0.25, 0.3) is 0 Å². The molecule has 1 saturated carbocycles. The second-order valence-electron chi connectivity index (χ2n) is 6.81. The van der Waals surface area contributed by atoms with Gasteiger partial charge in [-0.2, -0.15) is 11.8 Å². The number of thioether (sulfide) groups is 1. The molecule has 1 aromatic carbocycles. The second-order valence-corrected chi connectivity index (χ2v) is 7.91. The molecule has 0 bridgehead atoms. The average Bonchev–Trinajstić information content (AvgIpc) is 2.97. The molecule has 126 valence electrons. The van der Waals surface area contributed by atoms with Crippen LogP contribution < -0.4 is 10.6 Å². The highest BCUT2D eigenvalue weighted by molar-refractivity contribution is 7.99. The van der Waals surface area contributed by atoms with Gasteiger partial charge in [0.25, 0.3) is 0 Å². The lowest BCUT2D eigenvalue weighted by Gasteiger charge is -2.43. The van der Waals surface area contributed by atoms with E-state index in [1.807, 2.05) is 11.8 Å². The molecule has 4 nitrogen and oxygen atoms in total. The Morgan fingerprint density at radius 3 is 2.48 bits per heavy atom. The standard InChI is InChI=1S/C18H27N3OS/c1-19-16(21-13-18(22)10-11-23-14-18)20-12-17(8-5-9-17)15-6-3-2-4-7-15/h2-4,6-7,22H,5,8-14H2,1H3,(H2,19,20,21). The molecule has 23 heavy (non-hydrogen) atoms. The highest BCUT2D eigenvalue weighted by Crippen LogP contribution is 2.43. The summed E-state index contributed by atoms with van der Waals surface area (Å²) in [6, 6.07) is 10.8. The first-order valence-corrected chi connectivity index (χ1v) is 9.62. The van der Waals surface area contributed by atoms with E-state index in [-0.39, 0.29) is 5.41 Å². The van der Waals surface area contributed by atoms with Gasteiger partial charge in [0.15, 0.2) is 5.96 Å². The highest BCUT2D eigenvalue weighted by atomic mass is 32.2. The molecule has 1 aromatic rings. The largest absolute Gasteiger partial charge is 0.387 e. The SMILES string of the molecule is CN=C(NCC1(O)CCSC1)NCC1(c2ccccc2)CCC1. The van der Waals surface area contributed by atoms with Crippen molar-refractivity contribution in [2.45, 2.75) is 36.7 Å². The van der Waals surface area contributed by atoms with Crippen LogP contribution in [0.1, 0.15) is 31.2 Å². The monoisotopic (exact) mass is 333 g/mol. The minimum absolute atomic E-state index is 0.235. The quantitative estimate of drug-likeness (QED) is 0.571. The number of nitrogens with one attached hydrogen (secondary N) is 2. The van der Waals surface area contributed by atoms with Gasteiger partial charge in [0.2, 0.25) is 0 Å². The van der Waals surface area contributed by atoms with Crippen molar-refractivity contribution in [3.05, 3.63) is 35.9 Å². The van der Waals surface area contributed by atoms with Crippen molar-refractivity contribution < 1.29 is 5.11 Å². The number of aliphatic imine (C=N–C) groups is 1. The fourth-order valence-electron chi connectivity index (χ4n) is 3.42. The smallest absolute Gasteiger partial charge is 0.191 e. The average molecular weight is 334 g/mol. The molecule has 1 heterocycles. The predicted molar refractivity (Wildman–Crippen MR) is 98.2 cm³/mol. The van der Waals surface area contributed by atoms with Crippen LogP contribution in [0, 0.1) is 0 Å². The second kappa shape index (κ2) is 7.14. The number of aliphatic hydroxyl groups is 1. The molecular weight excluding hydrogens is 306 g/mol. The van der Waals surface area contributed by atoms with Crippen LogP contribution in [-0.4, -0.2) is 48.3 Å². The molecular formula is C18H27N3OS. The Labute approximate surface area is 143 Å². The molecule has 1 atom stereocenters. The third-order valence-electron chi connectivity index (χ3n) is 5.18. The Bertz CT molecular complexity index is 536. The van der Waals surface area contributed by atoms with Crippen LogP contribution in [-0.2, 0) is 5.41 Å². The highest BCUT2D eigenvalue weighted by Gasteiger charge is 2.38. The first kappa shape index (κ1) is 16.7. The first-order valence-electron chi connectivity index (χ1n) is 8.46. The van der Waals surface area contributed by atoms with Gasteiger partial charge in [0.1, 0.15) is 0 Å². The zero-order valence-electron chi connectivity index (χ0n) is 13.8. The zero-order chi connectivity index (χ0) is 16.2. The van der Waals surface area contributed by atoms with Gasteiger partial charge in [-0.1, -0.05) is 36.8 Å². The molecule has 0 spiro atoms. The molecule has 1 saturated heterocycles. The van der Waals surface area contributed by atoms with Gasteiger partial charge in [0.05, 0.1) is 5.60 Å². The van der Waals surface area contributed by atoms with Gasteiger partial charge in [-0.3, -0.25) is 4.99 Å². The minimum Gasteiger partial charge on any atom is -0.387 e. The molecule has 0 aromatic heterocycles. The summed E-state index contributed by atoms with van der Waals surface area (Å²) in [6.45, 7) is 1.46. The van der Waals surface area contributed by atoms with Crippen molar-refractivity contribution in [3.63, 3.8) is 0 Å². The van der Waals surface area contributed by atoms with Crippen molar-refractivity contribution in [2.75, 3.05) is 31.6 Å². The summed E-state index contributed by atoms with van der Waals surface area (Å²) < 4.78 is 0. The summed E-state index contributed by atoms with van der Waals surface area (Å²) in [5.41, 5.74) is 1.06. The lowest BCUT2D eigenvalue weighted by molar-refractivity contribution is 0.0724. The predicted octanol–water partition coefficient (Wildman–Crippen LogP) is 2.14. The third-order valence-corrected chi connectivity index (χ3v) is 6.42. The van der Waals surface area contributed by atoms with Gasteiger partial charge in [0, 0.05) is 31.3 Å². The van der Waals surface area contributed by atoms with E-state index in [0.29, 0.717) is 6.54 Å². The Kier molecular flexibility index (Phi) is 5.17. The van der Waals surface area contributed by atoms with Gasteiger partial charge in [-0.15, -0.1) is 0 Å². The lowest BCUT2D eigenvalue weighted by Crippen LogP contribution is -2.51. The van der Waals surface area contributed by atoms with E-state index in [1.165, 1.54) is 24.8 Å². The van der Waals surface area contributed by atoms with Crippen molar-refractivity contribution in [3.8, 4) is 0 Å². The van der Waals surface area contributed by atoms with E-state index in [1.54, 1.807) is 7.05 Å². The number of guanidine groups is 1. The summed E-state index contributed by atoms with van der Waals surface area (Å²) in [5, 5.41) is 17.2. The van der Waals surface area contributed by atoms with E-state index < -0.39 is 5.60 Å². The van der Waals surface area contributed by atoms with Crippen molar-refractivity contribution in [1.29, 1.82) is 0 Å². The van der Waals surface area contributed by atoms with Crippen LogP contribution >= 0.6 is 11.8 Å². The molecule has 3 rings (SSSR count).